The van der Waals surface area contributed by atoms with E-state index in [1.165, 1.54) is 0 Å². The molecule has 0 bridgehead atoms. The molecule has 1 N–H and O–H groups in total. The van der Waals surface area contributed by atoms with Crippen LogP contribution in [-0.2, 0) is 4.79 Å². The van der Waals surface area contributed by atoms with E-state index in [0.29, 0.717) is 5.82 Å². The molecule has 2 aromatic heterocycles. The van der Waals surface area contributed by atoms with Crippen LogP contribution in [0.5, 0.6) is 0 Å². The Balaban J connectivity index is 2.09. The minimum absolute atomic E-state index is 0.110. The standard InChI is InChI=1S/C12H17N5O/c1-9(2)17-11(5-7-14-17)15-12(18)10(3)16-8-4-6-13-16/h4-10H,1-3H3,(H,15,18). The zero-order valence-electron chi connectivity index (χ0n) is 10.7. The van der Waals surface area contributed by atoms with Gasteiger partial charge in [0.25, 0.3) is 0 Å². The van der Waals surface area contributed by atoms with Gasteiger partial charge in [0.1, 0.15) is 11.9 Å². The number of carbonyl (C=O) groups excluding carboxylic acids is 1. The Morgan fingerprint density at radius 2 is 2.06 bits per heavy atom. The molecule has 0 saturated carbocycles. The molecule has 0 aromatic carbocycles. The highest BCUT2D eigenvalue weighted by atomic mass is 16.2. The number of amides is 1. The van der Waals surface area contributed by atoms with Crippen LogP contribution >= 0.6 is 0 Å². The van der Waals surface area contributed by atoms with E-state index < -0.39 is 0 Å². The smallest absolute Gasteiger partial charge is 0.250 e. The molecule has 0 saturated heterocycles. The van der Waals surface area contributed by atoms with Gasteiger partial charge >= 0.3 is 0 Å². The fourth-order valence-corrected chi connectivity index (χ4v) is 1.69. The van der Waals surface area contributed by atoms with E-state index in [2.05, 4.69) is 15.5 Å². The highest BCUT2D eigenvalue weighted by Crippen LogP contribution is 2.15. The second-order valence-electron chi connectivity index (χ2n) is 4.41. The van der Waals surface area contributed by atoms with Crippen LogP contribution in [0.3, 0.4) is 0 Å². The summed E-state index contributed by atoms with van der Waals surface area (Å²) in [5.74, 6) is 0.593. The van der Waals surface area contributed by atoms with Gasteiger partial charge in [-0.2, -0.15) is 10.2 Å². The lowest BCUT2D eigenvalue weighted by Gasteiger charge is -2.15. The van der Waals surface area contributed by atoms with Gasteiger partial charge in [-0.25, -0.2) is 4.68 Å². The summed E-state index contributed by atoms with van der Waals surface area (Å²) >= 11 is 0. The first kappa shape index (κ1) is 12.3. The lowest BCUT2D eigenvalue weighted by atomic mass is 10.3. The minimum atomic E-state index is -0.351. The molecule has 6 heteroatoms. The highest BCUT2D eigenvalue weighted by molar-refractivity contribution is 5.92. The molecule has 0 fully saturated rings. The topological polar surface area (TPSA) is 64.7 Å². The van der Waals surface area contributed by atoms with Crippen molar-refractivity contribution in [3.63, 3.8) is 0 Å². The van der Waals surface area contributed by atoms with Gasteiger partial charge in [0, 0.05) is 24.5 Å². The molecule has 6 nitrogen and oxygen atoms in total. The van der Waals surface area contributed by atoms with Gasteiger partial charge in [0.15, 0.2) is 0 Å². The molecule has 1 unspecified atom stereocenters. The van der Waals surface area contributed by atoms with E-state index in [0.717, 1.165) is 0 Å². The van der Waals surface area contributed by atoms with Crippen molar-refractivity contribution in [3.8, 4) is 0 Å². The maximum atomic E-state index is 12.1. The molecule has 0 aliphatic heterocycles. The number of aromatic nitrogens is 4. The summed E-state index contributed by atoms with van der Waals surface area (Å²) in [4.78, 5) is 12.1. The number of hydrogen-bond donors (Lipinski definition) is 1. The molecule has 1 atom stereocenters. The Morgan fingerprint density at radius 3 is 2.67 bits per heavy atom. The van der Waals surface area contributed by atoms with Crippen LogP contribution < -0.4 is 5.32 Å². The fraction of sp³-hybridized carbons (Fsp3) is 0.417. The fourth-order valence-electron chi connectivity index (χ4n) is 1.69. The second kappa shape index (κ2) is 5.03. The second-order valence-corrected chi connectivity index (χ2v) is 4.41. The van der Waals surface area contributed by atoms with Crippen LogP contribution in [0.4, 0.5) is 5.82 Å². The summed E-state index contributed by atoms with van der Waals surface area (Å²) in [7, 11) is 0. The molecule has 96 valence electrons. The van der Waals surface area contributed by atoms with Crippen molar-refractivity contribution in [3.05, 3.63) is 30.7 Å². The summed E-state index contributed by atoms with van der Waals surface area (Å²) in [6.07, 6.45) is 5.10. The maximum absolute atomic E-state index is 12.1. The molecule has 2 rings (SSSR count). The van der Waals surface area contributed by atoms with Crippen molar-refractivity contribution in [2.45, 2.75) is 32.9 Å². The molecule has 0 spiro atoms. The Labute approximate surface area is 106 Å². The van der Waals surface area contributed by atoms with E-state index in [4.69, 9.17) is 0 Å². The molecule has 18 heavy (non-hydrogen) atoms. The normalized spacial score (nSPS) is 12.7. The molecule has 1 amide bonds. The van der Waals surface area contributed by atoms with Gasteiger partial charge in [0.2, 0.25) is 5.91 Å². The molecule has 0 radical (unpaired) electrons. The zero-order valence-corrected chi connectivity index (χ0v) is 10.7. The van der Waals surface area contributed by atoms with Gasteiger partial charge < -0.3 is 5.32 Å². The average Bonchev–Trinajstić information content (AvgIpc) is 2.98. The summed E-state index contributed by atoms with van der Waals surface area (Å²) in [5.41, 5.74) is 0. The summed E-state index contributed by atoms with van der Waals surface area (Å²) in [5, 5.41) is 11.1. The lowest BCUT2D eigenvalue weighted by Crippen LogP contribution is -2.25. The predicted octanol–water partition coefficient (Wildman–Crippen LogP) is 1.86. The van der Waals surface area contributed by atoms with Crippen LogP contribution in [-0.4, -0.2) is 25.5 Å². The number of rotatable bonds is 4. The molecular formula is C12H17N5O. The van der Waals surface area contributed by atoms with Crippen LogP contribution in [0.25, 0.3) is 0 Å². The largest absolute Gasteiger partial charge is 0.309 e. The molecular weight excluding hydrogens is 230 g/mol. The Morgan fingerprint density at radius 1 is 1.28 bits per heavy atom. The lowest BCUT2D eigenvalue weighted by molar-refractivity contribution is -0.119. The molecule has 2 heterocycles. The first-order valence-corrected chi connectivity index (χ1v) is 5.93. The van der Waals surface area contributed by atoms with E-state index in [-0.39, 0.29) is 18.0 Å². The number of nitrogens with one attached hydrogen (secondary N) is 1. The van der Waals surface area contributed by atoms with Crippen molar-refractivity contribution in [1.29, 1.82) is 0 Å². The molecule has 0 aliphatic rings. The van der Waals surface area contributed by atoms with Crippen LogP contribution in [0.1, 0.15) is 32.9 Å². The summed E-state index contributed by atoms with van der Waals surface area (Å²) < 4.78 is 3.39. The van der Waals surface area contributed by atoms with Crippen LogP contribution in [0.2, 0.25) is 0 Å². The van der Waals surface area contributed by atoms with E-state index in [9.17, 15) is 4.79 Å². The molecule has 0 aliphatic carbocycles. The van der Waals surface area contributed by atoms with Gasteiger partial charge in [-0.15, -0.1) is 0 Å². The van der Waals surface area contributed by atoms with Crippen molar-refractivity contribution in [2.24, 2.45) is 0 Å². The van der Waals surface area contributed by atoms with Gasteiger partial charge in [-0.1, -0.05) is 0 Å². The average molecular weight is 247 g/mol. The summed E-state index contributed by atoms with van der Waals surface area (Å²) in [6, 6.07) is 3.43. The van der Waals surface area contributed by atoms with E-state index in [1.54, 1.807) is 47.0 Å². The van der Waals surface area contributed by atoms with Crippen LogP contribution in [0.15, 0.2) is 30.7 Å². The van der Waals surface area contributed by atoms with Crippen LogP contribution in [0, 0.1) is 0 Å². The van der Waals surface area contributed by atoms with Gasteiger partial charge in [-0.3, -0.25) is 9.48 Å². The van der Waals surface area contributed by atoms with Crippen molar-refractivity contribution in [2.75, 3.05) is 5.32 Å². The maximum Gasteiger partial charge on any atom is 0.250 e. The number of anilines is 1. The Hall–Kier alpha value is -2.11. The predicted molar refractivity (Wildman–Crippen MR) is 68.2 cm³/mol. The Kier molecular flexibility index (Phi) is 3.45. The highest BCUT2D eigenvalue weighted by Gasteiger charge is 2.17. The third kappa shape index (κ3) is 2.42. The number of nitrogens with zero attached hydrogens (tertiary/aromatic N) is 4. The first-order chi connectivity index (χ1) is 8.59. The quantitative estimate of drug-likeness (QED) is 0.896. The molecule has 2 aromatic rings. The SMILES string of the molecule is CC(C(=O)Nc1ccnn1C(C)C)n1cccn1. The van der Waals surface area contributed by atoms with Gasteiger partial charge in [0.05, 0.1) is 6.20 Å². The number of carbonyl (C=O) groups is 1. The third-order valence-electron chi connectivity index (χ3n) is 2.71. The monoisotopic (exact) mass is 247 g/mol. The van der Waals surface area contributed by atoms with Crippen molar-refractivity contribution < 1.29 is 4.79 Å². The Bertz CT molecular complexity index is 514. The summed E-state index contributed by atoms with van der Waals surface area (Å²) in [6.45, 7) is 5.83. The minimum Gasteiger partial charge on any atom is -0.309 e. The zero-order chi connectivity index (χ0) is 13.1. The van der Waals surface area contributed by atoms with E-state index >= 15 is 0 Å². The van der Waals surface area contributed by atoms with Crippen molar-refractivity contribution >= 4 is 11.7 Å². The third-order valence-corrected chi connectivity index (χ3v) is 2.71. The number of hydrogen-bond acceptors (Lipinski definition) is 3. The van der Waals surface area contributed by atoms with Gasteiger partial charge in [-0.05, 0) is 26.8 Å². The van der Waals surface area contributed by atoms with E-state index in [1.807, 2.05) is 13.8 Å². The first-order valence-electron chi connectivity index (χ1n) is 5.93. The van der Waals surface area contributed by atoms with Crippen molar-refractivity contribution in [1.82, 2.24) is 19.6 Å².